The van der Waals surface area contributed by atoms with Gasteiger partial charge < -0.3 is 6.53 Å². The second-order valence-electron chi connectivity index (χ2n) is 2.27. The molecule has 0 bridgehead atoms. The summed E-state index contributed by atoms with van der Waals surface area (Å²) in [7, 11) is -3.98. The Morgan fingerprint density at radius 1 is 1.54 bits per heavy atom. The Morgan fingerprint density at radius 3 is 2.31 bits per heavy atom. The number of carboxylic acid groups (broad SMARTS) is 1. The van der Waals surface area contributed by atoms with Crippen LogP contribution in [0.3, 0.4) is 0 Å². The molecule has 0 amide bonds. The van der Waals surface area contributed by atoms with Crippen molar-refractivity contribution in [3.8, 4) is 0 Å². The van der Waals surface area contributed by atoms with Crippen molar-refractivity contribution in [3.05, 3.63) is 11.6 Å². The van der Waals surface area contributed by atoms with Crippen molar-refractivity contribution in [1.82, 2.24) is 0 Å². The number of carbonyl (C=O) groups is 1. The molecule has 72 valence electrons. The van der Waals surface area contributed by atoms with Gasteiger partial charge in [0.05, 0.1) is 5.75 Å². The van der Waals surface area contributed by atoms with Crippen LogP contribution in [-0.2, 0) is 14.9 Å². The average molecular weight is 234 g/mol. The molecule has 0 aliphatic rings. The first-order valence-corrected chi connectivity index (χ1v) is 4.79. The monoisotopic (exact) mass is 234 g/mol. The third-order valence-corrected chi connectivity index (χ3v) is 1.92. The SMILES string of the molecule is CC(=CCCS(=O)(=O)O)C(=O)O.[H-].[K+]. The van der Waals surface area contributed by atoms with Crippen LogP contribution in [0.5, 0.6) is 0 Å². The van der Waals surface area contributed by atoms with Crippen molar-refractivity contribution >= 4 is 16.1 Å². The molecule has 7 heteroatoms. The smallest absolute Gasteiger partial charge is 1.00 e. The molecule has 0 radical (unpaired) electrons. The van der Waals surface area contributed by atoms with Crippen LogP contribution in [0.1, 0.15) is 14.8 Å². The van der Waals surface area contributed by atoms with E-state index in [1.165, 1.54) is 13.0 Å². The third kappa shape index (κ3) is 10.7. The van der Waals surface area contributed by atoms with Gasteiger partial charge in [-0.2, -0.15) is 8.42 Å². The van der Waals surface area contributed by atoms with Gasteiger partial charge in [0.15, 0.2) is 0 Å². The van der Waals surface area contributed by atoms with E-state index in [1.807, 2.05) is 0 Å². The summed E-state index contributed by atoms with van der Waals surface area (Å²) in [5, 5.41) is 8.33. The van der Waals surface area contributed by atoms with Gasteiger partial charge >= 0.3 is 57.4 Å². The molecular weight excluding hydrogens is 223 g/mol. The number of hydrogen-bond acceptors (Lipinski definition) is 3. The zero-order valence-electron chi connectivity index (χ0n) is 8.52. The van der Waals surface area contributed by atoms with Crippen LogP contribution in [-0.4, -0.2) is 29.8 Å². The topological polar surface area (TPSA) is 91.7 Å². The molecule has 0 saturated carbocycles. The molecule has 0 aromatic rings. The Bertz CT molecular complexity index is 297. The largest absolute Gasteiger partial charge is 1.00 e. The van der Waals surface area contributed by atoms with Gasteiger partial charge in [0.1, 0.15) is 0 Å². The summed E-state index contributed by atoms with van der Waals surface area (Å²) in [5.74, 6) is -1.54. The van der Waals surface area contributed by atoms with Gasteiger partial charge in [0.25, 0.3) is 10.1 Å². The maximum absolute atomic E-state index is 10.2. The van der Waals surface area contributed by atoms with Crippen LogP contribution in [0, 0.1) is 0 Å². The first-order chi connectivity index (χ1) is 5.33. The molecule has 5 nitrogen and oxygen atoms in total. The molecule has 0 rings (SSSR count). The van der Waals surface area contributed by atoms with Gasteiger partial charge in [-0.05, 0) is 13.3 Å². The molecule has 13 heavy (non-hydrogen) atoms. The molecule has 0 fully saturated rings. The van der Waals surface area contributed by atoms with Crippen molar-refractivity contribution in [1.29, 1.82) is 0 Å². The maximum Gasteiger partial charge on any atom is 1.00 e. The fraction of sp³-hybridized carbons (Fsp3) is 0.500. The van der Waals surface area contributed by atoms with Gasteiger partial charge in [0, 0.05) is 5.57 Å². The number of allylic oxidation sites excluding steroid dienone is 1. The number of carboxylic acids is 1. The van der Waals surface area contributed by atoms with E-state index in [1.54, 1.807) is 0 Å². The van der Waals surface area contributed by atoms with E-state index >= 15 is 0 Å². The molecule has 0 aromatic carbocycles. The Labute approximate surface area is 121 Å². The first-order valence-electron chi connectivity index (χ1n) is 3.18. The number of rotatable bonds is 4. The molecular formula is C6H11KO5S. The zero-order valence-corrected chi connectivity index (χ0v) is 11.5. The Morgan fingerprint density at radius 2 is 2.00 bits per heavy atom. The van der Waals surface area contributed by atoms with E-state index in [0.29, 0.717) is 0 Å². The molecule has 0 saturated heterocycles. The zero-order chi connectivity index (χ0) is 9.78. The standard InChI is InChI=1S/C6H10O5S.K.H/c1-5(6(7)8)3-2-4-12(9,10)11;;/h3H,2,4H2,1H3,(H,7,8)(H,9,10,11);;/q;+1;-1. The molecule has 0 aromatic heterocycles. The van der Waals surface area contributed by atoms with E-state index in [9.17, 15) is 13.2 Å². The molecule has 2 N–H and O–H groups in total. The summed E-state index contributed by atoms with van der Waals surface area (Å²) < 4.78 is 28.6. The predicted octanol–water partition coefficient (Wildman–Crippen LogP) is -2.59. The number of hydrogen-bond donors (Lipinski definition) is 2. The van der Waals surface area contributed by atoms with E-state index in [4.69, 9.17) is 9.66 Å². The van der Waals surface area contributed by atoms with Crippen molar-refractivity contribution in [3.63, 3.8) is 0 Å². The van der Waals surface area contributed by atoms with Crippen LogP contribution < -0.4 is 51.4 Å². The van der Waals surface area contributed by atoms with E-state index in [0.717, 1.165) is 0 Å². The van der Waals surface area contributed by atoms with Crippen LogP contribution in [0.2, 0.25) is 0 Å². The second-order valence-corrected chi connectivity index (χ2v) is 3.84. The van der Waals surface area contributed by atoms with Crippen molar-refractivity contribution < 1.29 is 75.7 Å². The van der Waals surface area contributed by atoms with Gasteiger partial charge in [-0.1, -0.05) is 6.08 Å². The predicted molar refractivity (Wildman–Crippen MR) is 43.5 cm³/mol. The molecule has 0 aliphatic heterocycles. The summed E-state index contributed by atoms with van der Waals surface area (Å²) in [5.41, 5.74) is 0.0682. The quantitative estimate of drug-likeness (QED) is 0.316. The van der Waals surface area contributed by atoms with Gasteiger partial charge in [-0.25, -0.2) is 4.79 Å². The van der Waals surface area contributed by atoms with Crippen molar-refractivity contribution in [2.75, 3.05) is 5.75 Å². The van der Waals surface area contributed by atoms with Crippen LogP contribution in [0.25, 0.3) is 0 Å². The van der Waals surface area contributed by atoms with Gasteiger partial charge in [-0.3, -0.25) is 4.55 Å². The summed E-state index contributed by atoms with van der Waals surface area (Å²) in [6, 6.07) is 0. The third-order valence-electron chi connectivity index (χ3n) is 1.16. The minimum atomic E-state index is -3.98. The fourth-order valence-corrected chi connectivity index (χ4v) is 0.927. The van der Waals surface area contributed by atoms with E-state index < -0.39 is 21.8 Å². The normalized spacial score (nSPS) is 12.0. The first kappa shape index (κ1) is 16.2. The molecule has 0 heterocycles. The summed E-state index contributed by atoms with van der Waals surface area (Å²) >= 11 is 0. The average Bonchev–Trinajstić information content (AvgIpc) is 1.84. The van der Waals surface area contributed by atoms with E-state index in [2.05, 4.69) is 0 Å². The van der Waals surface area contributed by atoms with Gasteiger partial charge in [0.2, 0.25) is 0 Å². The minimum absolute atomic E-state index is 0. The molecule has 0 atom stereocenters. The van der Waals surface area contributed by atoms with Crippen LogP contribution >= 0.6 is 0 Å². The Kier molecular flexibility index (Phi) is 8.85. The fourth-order valence-electron chi connectivity index (χ4n) is 0.512. The maximum atomic E-state index is 10.2. The second kappa shape index (κ2) is 7.10. The summed E-state index contributed by atoms with van der Waals surface area (Å²) in [6.07, 6.45) is 1.26. The van der Waals surface area contributed by atoms with Gasteiger partial charge in [-0.15, -0.1) is 0 Å². The Hall–Kier alpha value is 0.756. The van der Waals surface area contributed by atoms with Crippen LogP contribution in [0.4, 0.5) is 0 Å². The van der Waals surface area contributed by atoms with Crippen LogP contribution in [0.15, 0.2) is 11.6 Å². The Balaban J connectivity index is -0.000000605. The minimum Gasteiger partial charge on any atom is -1.00 e. The molecule has 0 unspecified atom stereocenters. The van der Waals surface area contributed by atoms with Crippen molar-refractivity contribution in [2.24, 2.45) is 0 Å². The van der Waals surface area contributed by atoms with Crippen molar-refractivity contribution in [2.45, 2.75) is 13.3 Å². The summed E-state index contributed by atoms with van der Waals surface area (Å²) in [6.45, 7) is 1.35. The molecule has 0 spiro atoms. The summed E-state index contributed by atoms with van der Waals surface area (Å²) in [4.78, 5) is 10.2. The number of aliphatic carboxylic acids is 1. The molecule has 0 aliphatic carbocycles. The van der Waals surface area contributed by atoms with E-state index in [-0.39, 0.29) is 64.8 Å².